The minimum absolute atomic E-state index is 0.372. The van der Waals surface area contributed by atoms with Crippen LogP contribution in [0.2, 0.25) is 0 Å². The lowest BCUT2D eigenvalue weighted by atomic mass is 10.0. The molecule has 1 N–H and O–H groups in total. The first-order valence-corrected chi connectivity index (χ1v) is 7.72. The summed E-state index contributed by atoms with van der Waals surface area (Å²) < 4.78 is 5.46. The molecule has 0 aliphatic carbocycles. The maximum Gasteiger partial charge on any atom is 0.122 e. The SMILES string of the molecule is CNC(Cc1nc(C)cs1)Cc1cc(C)ccc1OC. The van der Waals surface area contributed by atoms with E-state index in [-0.39, 0.29) is 0 Å². The fourth-order valence-corrected chi connectivity index (χ4v) is 3.17. The first-order chi connectivity index (χ1) is 9.62. The van der Waals surface area contributed by atoms with Crippen molar-refractivity contribution in [3.05, 3.63) is 45.4 Å². The van der Waals surface area contributed by atoms with Gasteiger partial charge in [0, 0.05) is 23.5 Å². The van der Waals surface area contributed by atoms with Crippen LogP contribution in [0.25, 0.3) is 0 Å². The summed E-state index contributed by atoms with van der Waals surface area (Å²) in [5.41, 5.74) is 3.62. The third-order valence-corrected chi connectivity index (χ3v) is 4.39. The van der Waals surface area contributed by atoms with Crippen molar-refractivity contribution in [1.29, 1.82) is 0 Å². The number of likely N-dealkylation sites (N-methyl/N-ethyl adjacent to an activating group) is 1. The Morgan fingerprint density at radius 3 is 2.70 bits per heavy atom. The molecule has 1 aromatic carbocycles. The molecule has 1 heterocycles. The number of nitrogens with zero attached hydrogens (tertiary/aromatic N) is 1. The Balaban J connectivity index is 2.11. The van der Waals surface area contributed by atoms with Crippen molar-refractivity contribution in [3.8, 4) is 5.75 Å². The molecule has 3 nitrogen and oxygen atoms in total. The molecule has 108 valence electrons. The number of ether oxygens (including phenoxy) is 1. The average Bonchev–Trinajstić information content (AvgIpc) is 2.83. The highest BCUT2D eigenvalue weighted by atomic mass is 32.1. The summed E-state index contributed by atoms with van der Waals surface area (Å²) in [5.74, 6) is 0.964. The predicted molar refractivity (Wildman–Crippen MR) is 84.8 cm³/mol. The summed E-state index contributed by atoms with van der Waals surface area (Å²) in [4.78, 5) is 4.55. The van der Waals surface area contributed by atoms with Gasteiger partial charge >= 0.3 is 0 Å². The van der Waals surface area contributed by atoms with Crippen molar-refractivity contribution >= 4 is 11.3 Å². The maximum atomic E-state index is 5.46. The molecule has 1 aromatic heterocycles. The van der Waals surface area contributed by atoms with Gasteiger partial charge in [-0.05, 0) is 38.9 Å². The van der Waals surface area contributed by atoms with Crippen molar-refractivity contribution < 1.29 is 4.74 Å². The van der Waals surface area contributed by atoms with Gasteiger partial charge in [-0.25, -0.2) is 4.98 Å². The van der Waals surface area contributed by atoms with Gasteiger partial charge in [0.05, 0.1) is 12.1 Å². The van der Waals surface area contributed by atoms with Gasteiger partial charge in [0.15, 0.2) is 0 Å². The number of hydrogen-bond acceptors (Lipinski definition) is 4. The Bertz CT molecular complexity index is 565. The van der Waals surface area contributed by atoms with Gasteiger partial charge in [-0.3, -0.25) is 0 Å². The Morgan fingerprint density at radius 1 is 1.30 bits per heavy atom. The van der Waals surface area contributed by atoms with E-state index in [2.05, 4.69) is 34.7 Å². The zero-order valence-electron chi connectivity index (χ0n) is 12.6. The molecular formula is C16H22N2OS. The van der Waals surface area contributed by atoms with Gasteiger partial charge in [-0.2, -0.15) is 0 Å². The lowest BCUT2D eigenvalue weighted by molar-refractivity contribution is 0.405. The van der Waals surface area contributed by atoms with Crippen molar-refractivity contribution in [3.63, 3.8) is 0 Å². The van der Waals surface area contributed by atoms with E-state index in [9.17, 15) is 0 Å². The highest BCUT2D eigenvalue weighted by Gasteiger charge is 2.13. The summed E-state index contributed by atoms with van der Waals surface area (Å²) in [6, 6.07) is 6.71. The largest absolute Gasteiger partial charge is 0.496 e. The van der Waals surface area contributed by atoms with E-state index in [1.807, 2.05) is 20.0 Å². The summed E-state index contributed by atoms with van der Waals surface area (Å²) in [6.45, 7) is 4.15. The van der Waals surface area contributed by atoms with Gasteiger partial charge < -0.3 is 10.1 Å². The summed E-state index contributed by atoms with van der Waals surface area (Å²) in [6.07, 6.45) is 1.89. The fraction of sp³-hybridized carbons (Fsp3) is 0.438. The third kappa shape index (κ3) is 3.81. The van der Waals surface area contributed by atoms with Crippen LogP contribution in [0.3, 0.4) is 0 Å². The third-order valence-electron chi connectivity index (χ3n) is 3.40. The molecule has 4 heteroatoms. The van der Waals surface area contributed by atoms with Crippen LogP contribution in [0.5, 0.6) is 5.75 Å². The van der Waals surface area contributed by atoms with E-state index in [0.717, 1.165) is 24.3 Å². The smallest absolute Gasteiger partial charge is 0.122 e. The number of aromatic nitrogens is 1. The second kappa shape index (κ2) is 6.86. The highest BCUT2D eigenvalue weighted by molar-refractivity contribution is 7.09. The van der Waals surface area contributed by atoms with E-state index >= 15 is 0 Å². The molecule has 2 aromatic rings. The first kappa shape index (κ1) is 15.0. The van der Waals surface area contributed by atoms with Crippen molar-refractivity contribution in [1.82, 2.24) is 10.3 Å². The Labute approximate surface area is 125 Å². The molecule has 0 radical (unpaired) electrons. The molecule has 0 spiro atoms. The standard InChI is InChI=1S/C16H22N2OS/c1-11-5-6-15(19-4)13(7-11)8-14(17-3)9-16-18-12(2)10-20-16/h5-7,10,14,17H,8-9H2,1-4H3. The van der Waals surface area contributed by atoms with E-state index in [1.54, 1.807) is 18.4 Å². The fourth-order valence-electron chi connectivity index (χ4n) is 2.32. The zero-order valence-corrected chi connectivity index (χ0v) is 13.4. The van der Waals surface area contributed by atoms with Gasteiger partial charge in [0.2, 0.25) is 0 Å². The molecule has 0 fully saturated rings. The van der Waals surface area contributed by atoms with Gasteiger partial charge in [-0.1, -0.05) is 17.7 Å². The molecule has 1 atom stereocenters. The molecule has 1 unspecified atom stereocenters. The number of aryl methyl sites for hydroxylation is 2. The predicted octanol–water partition coefficient (Wildman–Crippen LogP) is 3.14. The Hall–Kier alpha value is -1.39. The Morgan fingerprint density at radius 2 is 2.10 bits per heavy atom. The monoisotopic (exact) mass is 290 g/mol. The van der Waals surface area contributed by atoms with Crippen LogP contribution >= 0.6 is 11.3 Å². The number of rotatable bonds is 6. The molecule has 20 heavy (non-hydrogen) atoms. The molecule has 0 saturated heterocycles. The highest BCUT2D eigenvalue weighted by Crippen LogP contribution is 2.22. The van der Waals surface area contributed by atoms with Crippen LogP contribution in [-0.4, -0.2) is 25.2 Å². The minimum atomic E-state index is 0.372. The average molecular weight is 290 g/mol. The van der Waals surface area contributed by atoms with Crippen LogP contribution < -0.4 is 10.1 Å². The van der Waals surface area contributed by atoms with Crippen LogP contribution in [0.1, 0.15) is 21.8 Å². The van der Waals surface area contributed by atoms with E-state index in [0.29, 0.717) is 6.04 Å². The van der Waals surface area contributed by atoms with Crippen molar-refractivity contribution in [2.45, 2.75) is 32.7 Å². The number of methoxy groups -OCH3 is 1. The molecule has 0 aliphatic rings. The van der Waals surface area contributed by atoms with E-state index < -0.39 is 0 Å². The van der Waals surface area contributed by atoms with Crippen molar-refractivity contribution in [2.24, 2.45) is 0 Å². The number of benzene rings is 1. The molecule has 0 saturated carbocycles. The second-order valence-corrected chi connectivity index (χ2v) is 6.03. The summed E-state index contributed by atoms with van der Waals surface area (Å²) >= 11 is 1.73. The van der Waals surface area contributed by atoms with Crippen LogP contribution in [-0.2, 0) is 12.8 Å². The van der Waals surface area contributed by atoms with Crippen LogP contribution in [0.4, 0.5) is 0 Å². The minimum Gasteiger partial charge on any atom is -0.496 e. The molecule has 0 bridgehead atoms. The van der Waals surface area contributed by atoms with Gasteiger partial charge in [-0.15, -0.1) is 11.3 Å². The lowest BCUT2D eigenvalue weighted by Gasteiger charge is -2.17. The topological polar surface area (TPSA) is 34.2 Å². The van der Waals surface area contributed by atoms with Gasteiger partial charge in [0.25, 0.3) is 0 Å². The lowest BCUT2D eigenvalue weighted by Crippen LogP contribution is -2.30. The summed E-state index contributed by atoms with van der Waals surface area (Å²) in [7, 11) is 3.74. The molecule has 0 amide bonds. The second-order valence-electron chi connectivity index (χ2n) is 5.09. The normalized spacial score (nSPS) is 12.4. The van der Waals surface area contributed by atoms with Crippen molar-refractivity contribution in [2.75, 3.05) is 14.2 Å². The Kier molecular flexibility index (Phi) is 5.15. The maximum absolute atomic E-state index is 5.46. The molecule has 0 aliphatic heterocycles. The first-order valence-electron chi connectivity index (χ1n) is 6.84. The quantitative estimate of drug-likeness (QED) is 0.887. The van der Waals surface area contributed by atoms with Crippen LogP contribution in [0.15, 0.2) is 23.6 Å². The van der Waals surface area contributed by atoms with E-state index in [1.165, 1.54) is 16.1 Å². The summed E-state index contributed by atoms with van der Waals surface area (Å²) in [5, 5.41) is 6.69. The molecular weight excluding hydrogens is 268 g/mol. The molecule has 2 rings (SSSR count). The number of thiazole rings is 1. The number of nitrogens with one attached hydrogen (secondary N) is 1. The van der Waals surface area contributed by atoms with Crippen LogP contribution in [0, 0.1) is 13.8 Å². The number of hydrogen-bond donors (Lipinski definition) is 1. The van der Waals surface area contributed by atoms with E-state index in [4.69, 9.17) is 4.74 Å². The zero-order chi connectivity index (χ0) is 14.5. The van der Waals surface area contributed by atoms with Gasteiger partial charge in [0.1, 0.15) is 5.75 Å².